The van der Waals surface area contributed by atoms with Crippen molar-refractivity contribution in [2.24, 2.45) is 0 Å². The molecule has 0 aliphatic carbocycles. The van der Waals surface area contributed by atoms with Crippen molar-refractivity contribution in [1.29, 1.82) is 0 Å². The second-order valence-electron chi connectivity index (χ2n) is 4.76. The number of amides is 1. The molecule has 116 valence electrons. The quantitative estimate of drug-likeness (QED) is 0.744. The molecule has 0 saturated carbocycles. The van der Waals surface area contributed by atoms with Gasteiger partial charge >= 0.3 is 0 Å². The van der Waals surface area contributed by atoms with Crippen LogP contribution in [0.4, 0.5) is 0 Å². The Hall–Kier alpha value is -2.54. The van der Waals surface area contributed by atoms with Crippen LogP contribution >= 0.6 is 15.9 Å². The number of carbonyl (C=O) groups is 1. The van der Waals surface area contributed by atoms with Crippen LogP contribution in [0, 0.1) is 0 Å². The van der Waals surface area contributed by atoms with Crippen LogP contribution in [0.1, 0.15) is 16.2 Å². The molecule has 0 spiro atoms. The molecule has 0 bridgehead atoms. The van der Waals surface area contributed by atoms with Crippen LogP contribution in [0.15, 0.2) is 57.7 Å². The number of halogens is 1. The van der Waals surface area contributed by atoms with E-state index in [1.165, 1.54) is 0 Å². The van der Waals surface area contributed by atoms with E-state index in [0.29, 0.717) is 30.3 Å². The Morgan fingerprint density at radius 1 is 1.17 bits per heavy atom. The largest absolute Gasteiger partial charge is 0.421 e. The Kier molecular flexibility index (Phi) is 4.77. The zero-order chi connectivity index (χ0) is 16.1. The third-order valence-corrected chi connectivity index (χ3v) is 3.63. The van der Waals surface area contributed by atoms with Gasteiger partial charge in [-0.05, 0) is 36.4 Å². The molecule has 1 amide bonds. The highest BCUT2D eigenvalue weighted by molar-refractivity contribution is 9.10. The molecule has 0 unspecified atom stereocenters. The van der Waals surface area contributed by atoms with Crippen LogP contribution in [0.5, 0.6) is 0 Å². The average Bonchev–Trinajstić information content (AvgIpc) is 3.05. The highest BCUT2D eigenvalue weighted by atomic mass is 79.9. The molecule has 0 aliphatic heterocycles. The first kappa shape index (κ1) is 15.4. The van der Waals surface area contributed by atoms with Crippen molar-refractivity contribution < 1.29 is 9.21 Å². The Morgan fingerprint density at radius 2 is 2.00 bits per heavy atom. The minimum absolute atomic E-state index is 0.135. The van der Waals surface area contributed by atoms with Crippen LogP contribution in [-0.4, -0.2) is 27.6 Å². The van der Waals surface area contributed by atoms with E-state index in [1.807, 2.05) is 18.2 Å². The fraction of sp³-hybridized carbons (Fsp3) is 0.125. The number of nitrogens with one attached hydrogen (secondary N) is 1. The van der Waals surface area contributed by atoms with Crippen molar-refractivity contribution in [1.82, 2.24) is 20.5 Å². The maximum Gasteiger partial charge on any atom is 0.251 e. The number of benzene rings is 1. The molecule has 7 heteroatoms. The number of hydrogen-bond acceptors (Lipinski definition) is 5. The first-order chi connectivity index (χ1) is 11.2. The first-order valence-electron chi connectivity index (χ1n) is 6.99. The molecule has 0 saturated heterocycles. The van der Waals surface area contributed by atoms with E-state index in [4.69, 9.17) is 4.42 Å². The Labute approximate surface area is 141 Å². The molecule has 1 N–H and O–H groups in total. The predicted octanol–water partition coefficient (Wildman–Crippen LogP) is 2.87. The van der Waals surface area contributed by atoms with Crippen molar-refractivity contribution in [2.45, 2.75) is 6.42 Å². The van der Waals surface area contributed by atoms with Gasteiger partial charge in [0.15, 0.2) is 0 Å². The number of aromatic nitrogens is 3. The number of nitrogens with zero attached hydrogens (tertiary/aromatic N) is 3. The molecule has 0 radical (unpaired) electrons. The van der Waals surface area contributed by atoms with Crippen LogP contribution in [0.3, 0.4) is 0 Å². The number of carbonyl (C=O) groups excluding carboxylic acids is 1. The fourth-order valence-electron chi connectivity index (χ4n) is 1.95. The summed E-state index contributed by atoms with van der Waals surface area (Å²) in [6, 6.07) is 10.8. The summed E-state index contributed by atoms with van der Waals surface area (Å²) in [5, 5.41) is 10.8. The van der Waals surface area contributed by atoms with Gasteiger partial charge < -0.3 is 9.73 Å². The Morgan fingerprint density at radius 3 is 2.74 bits per heavy atom. The van der Waals surface area contributed by atoms with Crippen LogP contribution in [0.25, 0.3) is 11.5 Å². The highest BCUT2D eigenvalue weighted by Gasteiger charge is 2.09. The minimum Gasteiger partial charge on any atom is -0.421 e. The van der Waals surface area contributed by atoms with Gasteiger partial charge in [0.2, 0.25) is 11.8 Å². The Bertz CT molecular complexity index is 787. The van der Waals surface area contributed by atoms with Gasteiger partial charge in [0.05, 0.1) is 5.56 Å². The number of pyridine rings is 1. The monoisotopic (exact) mass is 372 g/mol. The number of rotatable bonds is 5. The summed E-state index contributed by atoms with van der Waals surface area (Å²) < 4.78 is 6.49. The van der Waals surface area contributed by atoms with E-state index in [-0.39, 0.29) is 5.91 Å². The predicted molar refractivity (Wildman–Crippen MR) is 87.7 cm³/mol. The average molecular weight is 373 g/mol. The molecule has 2 heterocycles. The van der Waals surface area contributed by atoms with Crippen LogP contribution in [-0.2, 0) is 6.42 Å². The van der Waals surface area contributed by atoms with Crippen molar-refractivity contribution in [3.05, 3.63) is 64.7 Å². The zero-order valence-corrected chi connectivity index (χ0v) is 13.7. The van der Waals surface area contributed by atoms with E-state index < -0.39 is 0 Å². The normalized spacial score (nSPS) is 10.5. The summed E-state index contributed by atoms with van der Waals surface area (Å²) in [6.07, 6.45) is 3.81. The molecular formula is C16H13BrN4O2. The molecular weight excluding hydrogens is 360 g/mol. The summed E-state index contributed by atoms with van der Waals surface area (Å²) in [7, 11) is 0. The standard InChI is InChI=1S/C16H13BrN4O2/c17-13-5-3-11(4-6-13)15(22)19-9-7-14-20-21-16(23-14)12-2-1-8-18-10-12/h1-6,8,10H,7,9H2,(H,19,22). The second-order valence-corrected chi connectivity index (χ2v) is 5.67. The van der Waals surface area contributed by atoms with E-state index in [9.17, 15) is 4.79 Å². The summed E-state index contributed by atoms with van der Waals surface area (Å²) in [5.74, 6) is 0.761. The summed E-state index contributed by atoms with van der Waals surface area (Å²) in [4.78, 5) is 16.0. The van der Waals surface area contributed by atoms with Gasteiger partial charge in [0.1, 0.15) is 0 Å². The first-order valence-corrected chi connectivity index (χ1v) is 7.78. The van der Waals surface area contributed by atoms with Gasteiger partial charge in [-0.1, -0.05) is 15.9 Å². The molecule has 6 nitrogen and oxygen atoms in total. The second kappa shape index (κ2) is 7.15. The van der Waals surface area contributed by atoms with Gasteiger partial charge in [-0.25, -0.2) is 0 Å². The minimum atomic E-state index is -0.135. The zero-order valence-electron chi connectivity index (χ0n) is 12.1. The highest BCUT2D eigenvalue weighted by Crippen LogP contribution is 2.16. The van der Waals surface area contributed by atoms with Crippen LogP contribution in [0.2, 0.25) is 0 Å². The van der Waals surface area contributed by atoms with Crippen LogP contribution < -0.4 is 5.32 Å². The van der Waals surface area contributed by atoms with Crippen molar-refractivity contribution in [3.8, 4) is 11.5 Å². The van der Waals surface area contributed by atoms with Crippen molar-refractivity contribution >= 4 is 21.8 Å². The summed E-state index contributed by atoms with van der Waals surface area (Å²) >= 11 is 3.34. The van der Waals surface area contributed by atoms with Gasteiger partial charge in [-0.15, -0.1) is 10.2 Å². The molecule has 3 aromatic rings. The molecule has 1 aromatic carbocycles. The van der Waals surface area contributed by atoms with E-state index in [0.717, 1.165) is 10.0 Å². The molecule has 0 aliphatic rings. The maximum absolute atomic E-state index is 12.0. The van der Waals surface area contributed by atoms with Crippen molar-refractivity contribution in [3.63, 3.8) is 0 Å². The van der Waals surface area contributed by atoms with Gasteiger partial charge in [0, 0.05) is 35.4 Å². The van der Waals surface area contributed by atoms with Gasteiger partial charge in [0.25, 0.3) is 5.91 Å². The lowest BCUT2D eigenvalue weighted by Crippen LogP contribution is -2.25. The number of hydrogen-bond donors (Lipinski definition) is 1. The summed E-state index contributed by atoms with van der Waals surface area (Å²) in [6.45, 7) is 0.420. The Balaban J connectivity index is 1.54. The molecule has 0 fully saturated rings. The van der Waals surface area contributed by atoms with Crippen molar-refractivity contribution in [2.75, 3.05) is 6.54 Å². The third-order valence-electron chi connectivity index (χ3n) is 3.11. The fourth-order valence-corrected chi connectivity index (χ4v) is 2.21. The van der Waals surface area contributed by atoms with E-state index >= 15 is 0 Å². The van der Waals surface area contributed by atoms with E-state index in [2.05, 4.69) is 36.4 Å². The maximum atomic E-state index is 12.0. The lowest BCUT2D eigenvalue weighted by Gasteiger charge is -2.03. The van der Waals surface area contributed by atoms with Gasteiger partial charge in [-0.3, -0.25) is 9.78 Å². The molecule has 3 rings (SSSR count). The molecule has 0 atom stereocenters. The summed E-state index contributed by atoms with van der Waals surface area (Å²) in [5.41, 5.74) is 1.37. The molecule has 23 heavy (non-hydrogen) atoms. The smallest absolute Gasteiger partial charge is 0.251 e. The van der Waals surface area contributed by atoms with Gasteiger partial charge in [-0.2, -0.15) is 0 Å². The molecule has 2 aromatic heterocycles. The SMILES string of the molecule is O=C(NCCc1nnc(-c2cccnc2)o1)c1ccc(Br)cc1. The topological polar surface area (TPSA) is 80.9 Å². The third kappa shape index (κ3) is 4.01. The lowest BCUT2D eigenvalue weighted by molar-refractivity contribution is 0.0953. The lowest BCUT2D eigenvalue weighted by atomic mass is 10.2. The van der Waals surface area contributed by atoms with E-state index in [1.54, 1.807) is 30.6 Å².